The second-order valence-corrected chi connectivity index (χ2v) is 4.50. The first-order chi connectivity index (χ1) is 8.18. The molecular weight excluding hydrogens is 236 g/mol. The van der Waals surface area contributed by atoms with Crippen LogP contribution in [0.15, 0.2) is 29.8 Å². The maximum absolute atomic E-state index is 11.8. The Bertz CT molecular complexity index is 537. The first kappa shape index (κ1) is 11.6. The molecule has 0 fully saturated rings. The van der Waals surface area contributed by atoms with Gasteiger partial charge < -0.3 is 10.4 Å². The molecule has 0 aliphatic rings. The Balaban J connectivity index is 2.04. The number of carbonyl (C=O) groups is 1. The van der Waals surface area contributed by atoms with Crippen molar-refractivity contribution in [1.29, 1.82) is 0 Å². The summed E-state index contributed by atoms with van der Waals surface area (Å²) >= 11 is 1.50. The number of benzene rings is 1. The number of nitrogens with zero attached hydrogens (tertiary/aromatic N) is 1. The van der Waals surface area contributed by atoms with E-state index in [0.29, 0.717) is 6.54 Å². The van der Waals surface area contributed by atoms with Crippen molar-refractivity contribution in [2.24, 2.45) is 0 Å². The SMILES string of the molecule is Cc1ncsc1CNC(=O)c1ccccc1O. The number of aryl methyl sites for hydroxylation is 1. The van der Waals surface area contributed by atoms with Gasteiger partial charge in [0.05, 0.1) is 23.3 Å². The quantitative estimate of drug-likeness (QED) is 0.874. The van der Waals surface area contributed by atoms with E-state index in [1.54, 1.807) is 23.7 Å². The standard InChI is InChI=1S/C12H12N2O2S/c1-8-11(17-7-14-8)6-13-12(16)9-4-2-3-5-10(9)15/h2-5,7,15H,6H2,1H3,(H,13,16). The van der Waals surface area contributed by atoms with Gasteiger partial charge in [-0.2, -0.15) is 0 Å². The molecule has 0 saturated heterocycles. The van der Waals surface area contributed by atoms with E-state index in [9.17, 15) is 9.90 Å². The summed E-state index contributed by atoms with van der Waals surface area (Å²) in [6.07, 6.45) is 0. The van der Waals surface area contributed by atoms with E-state index >= 15 is 0 Å². The number of carbonyl (C=O) groups excluding carboxylic acids is 1. The van der Waals surface area contributed by atoms with Crippen molar-refractivity contribution in [2.75, 3.05) is 0 Å². The number of amides is 1. The largest absolute Gasteiger partial charge is 0.507 e. The fourth-order valence-corrected chi connectivity index (χ4v) is 2.13. The number of rotatable bonds is 3. The predicted molar refractivity (Wildman–Crippen MR) is 66.1 cm³/mol. The van der Waals surface area contributed by atoms with E-state index in [2.05, 4.69) is 10.3 Å². The fourth-order valence-electron chi connectivity index (χ4n) is 1.42. The molecule has 17 heavy (non-hydrogen) atoms. The summed E-state index contributed by atoms with van der Waals surface area (Å²) in [4.78, 5) is 16.9. The van der Waals surface area contributed by atoms with Crippen molar-refractivity contribution in [3.63, 3.8) is 0 Å². The summed E-state index contributed by atoms with van der Waals surface area (Å²) in [6.45, 7) is 2.33. The minimum Gasteiger partial charge on any atom is -0.507 e. The number of phenolic OH excluding ortho intramolecular Hbond substituents is 1. The molecule has 2 rings (SSSR count). The predicted octanol–water partition coefficient (Wildman–Crippen LogP) is 2.09. The molecule has 0 aliphatic heterocycles. The lowest BCUT2D eigenvalue weighted by molar-refractivity contribution is 0.0948. The molecule has 0 radical (unpaired) electrons. The van der Waals surface area contributed by atoms with Crippen LogP contribution in [0.4, 0.5) is 0 Å². The zero-order valence-electron chi connectivity index (χ0n) is 9.30. The highest BCUT2D eigenvalue weighted by atomic mass is 32.1. The zero-order valence-corrected chi connectivity index (χ0v) is 10.1. The van der Waals surface area contributed by atoms with Crippen LogP contribution in [-0.4, -0.2) is 16.0 Å². The molecule has 2 N–H and O–H groups in total. The molecule has 1 heterocycles. The number of phenols is 1. The van der Waals surface area contributed by atoms with Gasteiger partial charge in [0.15, 0.2) is 0 Å². The highest BCUT2D eigenvalue weighted by Crippen LogP contribution is 2.16. The van der Waals surface area contributed by atoms with Crippen molar-refractivity contribution in [3.8, 4) is 5.75 Å². The van der Waals surface area contributed by atoms with Gasteiger partial charge in [-0.1, -0.05) is 12.1 Å². The van der Waals surface area contributed by atoms with Gasteiger partial charge in [0.25, 0.3) is 5.91 Å². The molecule has 0 aliphatic carbocycles. The van der Waals surface area contributed by atoms with Crippen LogP contribution in [-0.2, 0) is 6.54 Å². The Morgan fingerprint density at radius 2 is 2.24 bits per heavy atom. The van der Waals surface area contributed by atoms with Crippen LogP contribution < -0.4 is 5.32 Å². The topological polar surface area (TPSA) is 62.2 Å². The van der Waals surface area contributed by atoms with Gasteiger partial charge >= 0.3 is 0 Å². The summed E-state index contributed by atoms with van der Waals surface area (Å²) in [5, 5.41) is 12.3. The molecular formula is C12H12N2O2S. The van der Waals surface area contributed by atoms with Crippen LogP contribution in [0.2, 0.25) is 0 Å². The highest BCUT2D eigenvalue weighted by molar-refractivity contribution is 7.09. The van der Waals surface area contributed by atoms with Crippen molar-refractivity contribution < 1.29 is 9.90 Å². The second-order valence-electron chi connectivity index (χ2n) is 3.56. The van der Waals surface area contributed by atoms with Gasteiger partial charge in [0, 0.05) is 4.88 Å². The first-order valence-corrected chi connectivity index (χ1v) is 6.01. The van der Waals surface area contributed by atoms with Crippen LogP contribution >= 0.6 is 11.3 Å². The highest BCUT2D eigenvalue weighted by Gasteiger charge is 2.10. The third-order valence-corrected chi connectivity index (χ3v) is 3.34. The van der Waals surface area contributed by atoms with Gasteiger partial charge in [0.1, 0.15) is 5.75 Å². The van der Waals surface area contributed by atoms with E-state index in [4.69, 9.17) is 0 Å². The Hall–Kier alpha value is -1.88. The van der Waals surface area contributed by atoms with Crippen LogP contribution in [0, 0.1) is 6.92 Å². The lowest BCUT2D eigenvalue weighted by Gasteiger charge is -2.05. The number of para-hydroxylation sites is 1. The molecule has 1 aromatic heterocycles. The Morgan fingerprint density at radius 1 is 1.47 bits per heavy atom. The lowest BCUT2D eigenvalue weighted by Crippen LogP contribution is -2.22. The Kier molecular flexibility index (Phi) is 3.39. The Labute approximate surface area is 103 Å². The molecule has 1 amide bonds. The monoisotopic (exact) mass is 248 g/mol. The average Bonchev–Trinajstić information content (AvgIpc) is 2.72. The second kappa shape index (κ2) is 4.97. The first-order valence-electron chi connectivity index (χ1n) is 5.13. The normalized spacial score (nSPS) is 10.2. The van der Waals surface area contributed by atoms with Gasteiger partial charge in [0.2, 0.25) is 0 Å². The molecule has 2 aromatic rings. The molecule has 0 spiro atoms. The van der Waals surface area contributed by atoms with Crippen LogP contribution in [0.5, 0.6) is 5.75 Å². The molecule has 88 valence electrons. The minimum atomic E-state index is -0.282. The van der Waals surface area contributed by atoms with Crippen molar-refractivity contribution in [3.05, 3.63) is 45.9 Å². The third kappa shape index (κ3) is 2.62. The number of aromatic hydroxyl groups is 1. The molecule has 1 aromatic carbocycles. The van der Waals surface area contributed by atoms with Gasteiger partial charge in [-0.25, -0.2) is 4.98 Å². The van der Waals surface area contributed by atoms with Crippen molar-refractivity contribution >= 4 is 17.2 Å². The molecule has 0 unspecified atom stereocenters. The molecule has 0 bridgehead atoms. The number of nitrogens with one attached hydrogen (secondary N) is 1. The number of hydrogen-bond donors (Lipinski definition) is 2. The van der Waals surface area contributed by atoms with Gasteiger partial charge in [-0.3, -0.25) is 4.79 Å². The summed E-state index contributed by atoms with van der Waals surface area (Å²) in [5.74, 6) is -0.290. The number of aromatic nitrogens is 1. The fraction of sp³-hybridized carbons (Fsp3) is 0.167. The molecule has 4 nitrogen and oxygen atoms in total. The number of hydrogen-bond acceptors (Lipinski definition) is 4. The van der Waals surface area contributed by atoms with E-state index < -0.39 is 0 Å². The Morgan fingerprint density at radius 3 is 2.88 bits per heavy atom. The van der Waals surface area contributed by atoms with Crippen LogP contribution in [0.25, 0.3) is 0 Å². The van der Waals surface area contributed by atoms with E-state index in [0.717, 1.165) is 10.6 Å². The molecule has 0 saturated carbocycles. The van der Waals surface area contributed by atoms with Crippen molar-refractivity contribution in [1.82, 2.24) is 10.3 Å². The maximum Gasteiger partial charge on any atom is 0.255 e. The number of thiazole rings is 1. The van der Waals surface area contributed by atoms with E-state index in [1.807, 2.05) is 6.92 Å². The lowest BCUT2D eigenvalue weighted by atomic mass is 10.2. The van der Waals surface area contributed by atoms with E-state index in [1.165, 1.54) is 17.4 Å². The molecule has 0 atom stereocenters. The third-order valence-electron chi connectivity index (χ3n) is 2.40. The molecule has 5 heteroatoms. The summed E-state index contributed by atoms with van der Waals surface area (Å²) in [5.41, 5.74) is 2.96. The summed E-state index contributed by atoms with van der Waals surface area (Å²) in [6, 6.07) is 6.48. The smallest absolute Gasteiger partial charge is 0.255 e. The minimum absolute atomic E-state index is 0.00831. The van der Waals surface area contributed by atoms with Crippen LogP contribution in [0.3, 0.4) is 0 Å². The average molecular weight is 248 g/mol. The van der Waals surface area contributed by atoms with Crippen LogP contribution in [0.1, 0.15) is 20.9 Å². The van der Waals surface area contributed by atoms with E-state index in [-0.39, 0.29) is 17.2 Å². The zero-order chi connectivity index (χ0) is 12.3. The summed E-state index contributed by atoms with van der Waals surface area (Å²) < 4.78 is 0. The van der Waals surface area contributed by atoms with Gasteiger partial charge in [-0.05, 0) is 19.1 Å². The maximum atomic E-state index is 11.8. The van der Waals surface area contributed by atoms with Gasteiger partial charge in [-0.15, -0.1) is 11.3 Å². The van der Waals surface area contributed by atoms with Crippen molar-refractivity contribution in [2.45, 2.75) is 13.5 Å². The summed E-state index contributed by atoms with van der Waals surface area (Å²) in [7, 11) is 0.